The Morgan fingerprint density at radius 3 is 2.74 bits per heavy atom. The number of rotatable bonds is 6. The first-order chi connectivity index (χ1) is 13.2. The Morgan fingerprint density at radius 2 is 2.00 bits per heavy atom. The second-order valence-corrected chi connectivity index (χ2v) is 7.67. The Labute approximate surface area is 159 Å². The average molecular weight is 366 g/mol. The minimum absolute atomic E-state index is 0.00995. The highest BCUT2D eigenvalue weighted by Crippen LogP contribution is 2.28. The maximum Gasteiger partial charge on any atom is 0.269 e. The molecule has 1 aliphatic carbocycles. The van der Waals surface area contributed by atoms with Gasteiger partial charge in [-0.3, -0.25) is 9.59 Å². The van der Waals surface area contributed by atoms with Crippen LogP contribution in [0.2, 0.25) is 0 Å². The van der Waals surface area contributed by atoms with E-state index in [1.165, 1.54) is 17.5 Å². The summed E-state index contributed by atoms with van der Waals surface area (Å²) in [4.78, 5) is 27.0. The molecule has 4 rings (SSSR count). The van der Waals surface area contributed by atoms with Gasteiger partial charge in [-0.15, -0.1) is 0 Å². The van der Waals surface area contributed by atoms with Crippen molar-refractivity contribution >= 4 is 11.6 Å². The molecule has 1 aliphatic heterocycles. The number of aromatic nitrogens is 2. The molecule has 2 heterocycles. The van der Waals surface area contributed by atoms with E-state index < -0.39 is 0 Å². The number of amides is 1. The monoisotopic (exact) mass is 366 g/mol. The van der Waals surface area contributed by atoms with Gasteiger partial charge in [0.05, 0.1) is 24.3 Å². The normalized spacial score (nSPS) is 19.7. The predicted molar refractivity (Wildman–Crippen MR) is 105 cm³/mol. The first kappa shape index (κ1) is 17.8. The molecule has 0 bridgehead atoms. The van der Waals surface area contributed by atoms with Crippen molar-refractivity contribution in [2.45, 2.75) is 32.2 Å². The molecular weight excluding hydrogens is 340 g/mol. The molecule has 1 N–H and O–H groups in total. The third-order valence-electron chi connectivity index (χ3n) is 5.45. The van der Waals surface area contributed by atoms with Gasteiger partial charge in [0.25, 0.3) is 5.56 Å². The fourth-order valence-electron chi connectivity index (χ4n) is 3.61. The van der Waals surface area contributed by atoms with Crippen molar-refractivity contribution in [1.29, 1.82) is 0 Å². The number of anilines is 1. The number of nitrogens with one attached hydrogen (secondary N) is 1. The number of piperidine rings is 1. The molecule has 6 nitrogen and oxygen atoms in total. The number of hydrogen-bond donors (Lipinski definition) is 1. The summed E-state index contributed by atoms with van der Waals surface area (Å²) in [6.45, 7) is 2.79. The molecule has 2 aromatic rings. The van der Waals surface area contributed by atoms with Crippen molar-refractivity contribution in [2.24, 2.45) is 11.8 Å². The highest BCUT2D eigenvalue weighted by molar-refractivity contribution is 5.79. The molecule has 1 saturated heterocycles. The van der Waals surface area contributed by atoms with Crippen molar-refractivity contribution in [3.05, 3.63) is 58.5 Å². The number of nitrogens with zero attached hydrogens (tertiary/aromatic N) is 3. The van der Waals surface area contributed by atoms with E-state index in [4.69, 9.17) is 0 Å². The second kappa shape index (κ2) is 7.94. The minimum Gasteiger partial charge on any atom is -0.369 e. The summed E-state index contributed by atoms with van der Waals surface area (Å²) in [6.07, 6.45) is 6.08. The van der Waals surface area contributed by atoms with Gasteiger partial charge in [-0.1, -0.05) is 30.3 Å². The van der Waals surface area contributed by atoms with Crippen LogP contribution in [0.5, 0.6) is 0 Å². The number of carbonyl (C=O) groups excluding carboxylic acids is 1. The van der Waals surface area contributed by atoms with E-state index in [2.05, 4.69) is 15.3 Å². The van der Waals surface area contributed by atoms with Crippen LogP contribution in [-0.4, -0.2) is 35.3 Å². The lowest BCUT2D eigenvalue weighted by atomic mass is 9.96. The Balaban J connectivity index is 1.40. The highest BCUT2D eigenvalue weighted by atomic mass is 16.2. The van der Waals surface area contributed by atoms with Crippen LogP contribution in [-0.2, 0) is 11.3 Å². The molecular formula is C21H26N4O2. The number of carbonyl (C=O) groups is 1. The van der Waals surface area contributed by atoms with E-state index in [0.717, 1.165) is 37.2 Å². The molecule has 1 atom stereocenters. The van der Waals surface area contributed by atoms with E-state index in [0.29, 0.717) is 19.0 Å². The molecule has 142 valence electrons. The SMILES string of the molecule is O=C(NCC1CC1)[C@@H]1CCCN(c2cnn(Cc3ccccc3)c(=O)c2)C1. The summed E-state index contributed by atoms with van der Waals surface area (Å²) in [6, 6.07) is 11.5. The lowest BCUT2D eigenvalue weighted by Crippen LogP contribution is -2.44. The maximum absolute atomic E-state index is 12.5. The lowest BCUT2D eigenvalue weighted by molar-refractivity contribution is -0.125. The van der Waals surface area contributed by atoms with Gasteiger partial charge in [0.15, 0.2) is 0 Å². The molecule has 2 fully saturated rings. The first-order valence-corrected chi connectivity index (χ1v) is 9.83. The molecule has 1 saturated carbocycles. The quantitative estimate of drug-likeness (QED) is 0.850. The zero-order valence-electron chi connectivity index (χ0n) is 15.5. The highest BCUT2D eigenvalue weighted by Gasteiger charge is 2.28. The van der Waals surface area contributed by atoms with Gasteiger partial charge in [-0.2, -0.15) is 5.10 Å². The summed E-state index contributed by atoms with van der Waals surface area (Å²) in [5.74, 6) is 0.830. The fourth-order valence-corrected chi connectivity index (χ4v) is 3.61. The Kier molecular flexibility index (Phi) is 5.23. The maximum atomic E-state index is 12.5. The van der Waals surface area contributed by atoms with E-state index >= 15 is 0 Å². The zero-order valence-corrected chi connectivity index (χ0v) is 15.5. The van der Waals surface area contributed by atoms with Gasteiger partial charge in [-0.05, 0) is 37.2 Å². The first-order valence-electron chi connectivity index (χ1n) is 9.83. The smallest absolute Gasteiger partial charge is 0.269 e. The van der Waals surface area contributed by atoms with Crippen molar-refractivity contribution in [1.82, 2.24) is 15.1 Å². The third-order valence-corrected chi connectivity index (χ3v) is 5.45. The Morgan fingerprint density at radius 1 is 1.19 bits per heavy atom. The summed E-state index contributed by atoms with van der Waals surface area (Å²) >= 11 is 0. The molecule has 1 amide bonds. The molecule has 1 aromatic heterocycles. The van der Waals surface area contributed by atoms with Crippen molar-refractivity contribution in [3.63, 3.8) is 0 Å². The van der Waals surface area contributed by atoms with Crippen LogP contribution < -0.4 is 15.8 Å². The van der Waals surface area contributed by atoms with E-state index in [-0.39, 0.29) is 17.4 Å². The summed E-state index contributed by atoms with van der Waals surface area (Å²) in [5, 5.41) is 7.44. The minimum atomic E-state index is -0.114. The van der Waals surface area contributed by atoms with Gasteiger partial charge < -0.3 is 10.2 Å². The van der Waals surface area contributed by atoms with E-state index in [1.807, 2.05) is 30.3 Å². The Bertz CT molecular complexity index is 845. The largest absolute Gasteiger partial charge is 0.369 e. The van der Waals surface area contributed by atoms with E-state index in [1.54, 1.807) is 12.3 Å². The van der Waals surface area contributed by atoms with Gasteiger partial charge in [0, 0.05) is 25.7 Å². The fraction of sp³-hybridized carbons (Fsp3) is 0.476. The van der Waals surface area contributed by atoms with Gasteiger partial charge >= 0.3 is 0 Å². The number of hydrogen-bond acceptors (Lipinski definition) is 4. The molecule has 0 radical (unpaired) electrons. The van der Waals surface area contributed by atoms with Crippen LogP contribution in [0.25, 0.3) is 0 Å². The van der Waals surface area contributed by atoms with Gasteiger partial charge in [0.1, 0.15) is 0 Å². The lowest BCUT2D eigenvalue weighted by Gasteiger charge is -2.33. The summed E-state index contributed by atoms with van der Waals surface area (Å²) in [7, 11) is 0. The molecule has 27 heavy (non-hydrogen) atoms. The predicted octanol–water partition coefficient (Wildman–Crippen LogP) is 2.03. The second-order valence-electron chi connectivity index (χ2n) is 7.67. The van der Waals surface area contributed by atoms with Crippen molar-refractivity contribution < 1.29 is 4.79 Å². The summed E-state index contributed by atoms with van der Waals surface area (Å²) in [5.41, 5.74) is 1.74. The number of benzene rings is 1. The third kappa shape index (κ3) is 4.56. The van der Waals surface area contributed by atoms with Gasteiger partial charge in [0.2, 0.25) is 5.91 Å². The van der Waals surface area contributed by atoms with Gasteiger partial charge in [-0.25, -0.2) is 4.68 Å². The zero-order chi connectivity index (χ0) is 18.6. The van der Waals surface area contributed by atoms with Crippen LogP contribution in [0.3, 0.4) is 0 Å². The van der Waals surface area contributed by atoms with Crippen LogP contribution in [0.15, 0.2) is 47.4 Å². The van der Waals surface area contributed by atoms with Crippen LogP contribution in [0.1, 0.15) is 31.2 Å². The van der Waals surface area contributed by atoms with Crippen LogP contribution in [0.4, 0.5) is 5.69 Å². The van der Waals surface area contributed by atoms with E-state index in [9.17, 15) is 9.59 Å². The Hall–Kier alpha value is -2.63. The van der Waals surface area contributed by atoms with Crippen LogP contribution >= 0.6 is 0 Å². The molecule has 0 unspecified atom stereocenters. The molecule has 6 heteroatoms. The van der Waals surface area contributed by atoms with Crippen LogP contribution in [0, 0.1) is 11.8 Å². The average Bonchev–Trinajstić information content (AvgIpc) is 3.53. The molecule has 1 aromatic carbocycles. The van der Waals surface area contributed by atoms with Crippen molar-refractivity contribution in [2.75, 3.05) is 24.5 Å². The molecule has 0 spiro atoms. The molecule has 2 aliphatic rings. The topological polar surface area (TPSA) is 67.2 Å². The summed E-state index contributed by atoms with van der Waals surface area (Å²) < 4.78 is 1.47. The van der Waals surface area contributed by atoms with Crippen molar-refractivity contribution in [3.8, 4) is 0 Å². The standard InChI is InChI=1S/C21H26N4O2/c26-20-11-19(13-23-25(20)14-17-5-2-1-3-6-17)24-10-4-7-18(15-24)21(27)22-12-16-8-9-16/h1-3,5-6,11,13,16,18H,4,7-10,12,14-15H2,(H,22,27)/t18-/m1/s1.